The molecule has 0 aliphatic heterocycles. The van der Waals surface area contributed by atoms with Crippen molar-refractivity contribution in [3.05, 3.63) is 72.9 Å². The maximum absolute atomic E-state index is 10.7. The summed E-state index contributed by atoms with van der Waals surface area (Å²) in [6.45, 7) is 15.8. The Labute approximate surface area is 443 Å². The second-order valence-electron chi connectivity index (χ2n) is 21.0. The Hall–Kier alpha value is -1.84. The third-order valence-corrected chi connectivity index (χ3v) is 14.0. The molecule has 0 aliphatic carbocycles. The molecule has 0 aromatic rings. The average Bonchev–Trinajstić information content (AvgIpc) is 3.38. The fraction of sp³-hybridized carbons (Fsp3) is 0.812. The summed E-state index contributed by atoms with van der Waals surface area (Å²) in [5.41, 5.74) is 11.9. The summed E-state index contributed by atoms with van der Waals surface area (Å²) in [6, 6.07) is 0. The summed E-state index contributed by atoms with van der Waals surface area (Å²) in [6.07, 6.45) is 72.5. The van der Waals surface area contributed by atoms with E-state index in [-0.39, 0.29) is 0 Å². The molecule has 0 radical (unpaired) electrons. The van der Waals surface area contributed by atoms with Gasteiger partial charge >= 0.3 is 0 Å². The van der Waals surface area contributed by atoms with Crippen molar-refractivity contribution < 1.29 is 10.2 Å². The van der Waals surface area contributed by atoms with Crippen LogP contribution in [0.3, 0.4) is 0 Å². The quantitative estimate of drug-likeness (QED) is 0.0356. The minimum absolute atomic E-state index is 0.309. The largest absolute Gasteiger partial charge is 0.390 e. The second kappa shape index (κ2) is 59.0. The predicted molar refractivity (Wildman–Crippen MR) is 318 cm³/mol. The minimum atomic E-state index is -0.483. The van der Waals surface area contributed by atoms with Gasteiger partial charge in [-0.05, 0) is 135 Å². The van der Waals surface area contributed by atoms with Crippen molar-refractivity contribution in [2.24, 2.45) is 11.5 Å². The van der Waals surface area contributed by atoms with Gasteiger partial charge in [-0.3, -0.25) is 9.80 Å². The minimum Gasteiger partial charge on any atom is -0.390 e. The van der Waals surface area contributed by atoms with E-state index in [1.807, 2.05) is 0 Å². The molecule has 0 spiro atoms. The Morgan fingerprint density at radius 3 is 0.775 bits per heavy atom. The molecular formula is C64H123N5O2. The van der Waals surface area contributed by atoms with Crippen molar-refractivity contribution in [1.29, 1.82) is 0 Å². The molecule has 0 bridgehead atoms. The lowest BCUT2D eigenvalue weighted by Gasteiger charge is -2.31. The monoisotopic (exact) mass is 994 g/mol. The lowest BCUT2D eigenvalue weighted by Crippen LogP contribution is -2.45. The van der Waals surface area contributed by atoms with E-state index in [9.17, 15) is 10.2 Å². The number of aliphatic hydroxyl groups excluding tert-OH is 2. The van der Waals surface area contributed by atoms with Crippen LogP contribution in [0.5, 0.6) is 0 Å². The molecule has 0 heterocycles. The zero-order valence-corrected chi connectivity index (χ0v) is 47.7. The van der Waals surface area contributed by atoms with E-state index in [1.165, 1.54) is 212 Å². The Bertz CT molecular complexity index is 1150. The van der Waals surface area contributed by atoms with Gasteiger partial charge in [0.15, 0.2) is 0 Å². The number of hydrogen-bond acceptors (Lipinski definition) is 7. The lowest BCUT2D eigenvalue weighted by molar-refractivity contribution is 0.0951. The van der Waals surface area contributed by atoms with Gasteiger partial charge in [-0.2, -0.15) is 0 Å². The molecule has 2 unspecified atom stereocenters. The van der Waals surface area contributed by atoms with Gasteiger partial charge in [0.2, 0.25) is 0 Å². The number of aliphatic hydroxyl groups is 2. The highest BCUT2D eigenvalue weighted by Crippen LogP contribution is 2.13. The molecule has 0 aliphatic rings. The summed E-state index contributed by atoms with van der Waals surface area (Å²) in [4.78, 5) is 7.63. The fourth-order valence-electron chi connectivity index (χ4n) is 9.21. The van der Waals surface area contributed by atoms with Gasteiger partial charge in [0.1, 0.15) is 0 Å². The highest BCUT2D eigenvalue weighted by atomic mass is 16.3. The Kier molecular flexibility index (Phi) is 57.5. The topological polar surface area (TPSA) is 102 Å². The van der Waals surface area contributed by atoms with Crippen LogP contribution < -0.4 is 11.5 Å². The number of allylic oxidation sites excluding steroid dienone is 12. The van der Waals surface area contributed by atoms with Crippen LogP contribution in [0, 0.1) is 0 Å². The first-order valence-corrected chi connectivity index (χ1v) is 30.8. The summed E-state index contributed by atoms with van der Waals surface area (Å²) in [5, 5.41) is 21.3. The summed E-state index contributed by atoms with van der Waals surface area (Å²) in [7, 11) is 0. The third-order valence-electron chi connectivity index (χ3n) is 14.0. The molecular weight excluding hydrogens is 871 g/mol. The van der Waals surface area contributed by atoms with Gasteiger partial charge in [0.05, 0.1) is 12.2 Å². The van der Waals surface area contributed by atoms with Crippen LogP contribution in [0.1, 0.15) is 252 Å². The number of nitrogens with two attached hydrogens (primary N) is 2. The van der Waals surface area contributed by atoms with E-state index in [1.54, 1.807) is 0 Å². The van der Waals surface area contributed by atoms with Crippen molar-refractivity contribution >= 4 is 0 Å². The van der Waals surface area contributed by atoms with E-state index in [0.29, 0.717) is 26.2 Å². The fourth-order valence-corrected chi connectivity index (χ4v) is 9.21. The van der Waals surface area contributed by atoms with Gasteiger partial charge in [0.25, 0.3) is 0 Å². The summed E-state index contributed by atoms with van der Waals surface area (Å²) in [5.74, 6) is 0. The smallest absolute Gasteiger partial charge is 0.0789 e. The number of unbranched alkanes of at least 4 members (excludes halogenated alkanes) is 27. The first-order valence-electron chi connectivity index (χ1n) is 30.8. The second-order valence-corrected chi connectivity index (χ2v) is 21.0. The molecule has 2 atom stereocenters. The van der Waals surface area contributed by atoms with Crippen LogP contribution in [-0.4, -0.2) is 109 Å². The molecule has 416 valence electrons. The van der Waals surface area contributed by atoms with E-state index in [2.05, 4.69) is 108 Å². The molecule has 0 aromatic heterocycles. The van der Waals surface area contributed by atoms with Gasteiger partial charge < -0.3 is 26.6 Å². The van der Waals surface area contributed by atoms with Gasteiger partial charge in [-0.1, -0.05) is 209 Å². The molecule has 7 heteroatoms. The lowest BCUT2D eigenvalue weighted by atomic mass is 10.1. The van der Waals surface area contributed by atoms with Crippen molar-refractivity contribution in [3.63, 3.8) is 0 Å². The van der Waals surface area contributed by atoms with Crippen molar-refractivity contribution in [2.75, 3.05) is 72.0 Å². The number of hydrogen-bond donors (Lipinski definition) is 4. The maximum atomic E-state index is 10.7. The standard InChI is InChI=1S/C64H123N5O2/c1-4-7-10-13-16-19-22-25-28-31-34-37-40-43-46-49-52-67(55-57-68(61-63(70)59-65)53-50-47-44-41-38-35-32-29-26-23-20-17-14-11-8-5-2)56-58-69(62-64(71)60-66)54-51-48-45-42-39-36-33-30-27-24-21-18-15-12-9-6-3/h16-21,25-30,63-64,70-71H,4-15,22-24,31-62,65-66H2,1-3H3/b19-16+,20-17+,21-18+,28-25?,29-26-,30-27-. The SMILES string of the molecule is CCCCC/C=C/CC=CCCCCCCCCN(CCN(CCCCCCCC/C=C\C/C=C/CCCCC)CC(O)CN)CCN(CCCCCCCC/C=C\C/C=C/CCCCC)CC(O)CN. The van der Waals surface area contributed by atoms with Crippen LogP contribution >= 0.6 is 0 Å². The molecule has 0 amide bonds. The van der Waals surface area contributed by atoms with Gasteiger partial charge in [-0.25, -0.2) is 0 Å². The zero-order valence-electron chi connectivity index (χ0n) is 47.7. The van der Waals surface area contributed by atoms with Crippen LogP contribution in [0.25, 0.3) is 0 Å². The predicted octanol–water partition coefficient (Wildman–Crippen LogP) is 16.0. The first-order chi connectivity index (χ1) is 35.0. The molecule has 0 saturated carbocycles. The third kappa shape index (κ3) is 54.2. The Morgan fingerprint density at radius 1 is 0.282 bits per heavy atom. The normalized spacial score (nSPS) is 13.6. The molecule has 71 heavy (non-hydrogen) atoms. The van der Waals surface area contributed by atoms with Crippen molar-refractivity contribution in [3.8, 4) is 0 Å². The highest BCUT2D eigenvalue weighted by molar-refractivity contribution is 4.94. The van der Waals surface area contributed by atoms with E-state index in [4.69, 9.17) is 11.5 Å². The van der Waals surface area contributed by atoms with Crippen LogP contribution in [0.2, 0.25) is 0 Å². The average molecular weight is 995 g/mol. The summed E-state index contributed by atoms with van der Waals surface area (Å²) < 4.78 is 0. The first kappa shape index (κ1) is 69.2. The number of nitrogens with zero attached hydrogens (tertiary/aromatic N) is 3. The van der Waals surface area contributed by atoms with E-state index < -0.39 is 12.2 Å². The summed E-state index contributed by atoms with van der Waals surface area (Å²) >= 11 is 0. The van der Waals surface area contributed by atoms with Crippen LogP contribution in [0.4, 0.5) is 0 Å². The molecule has 6 N–H and O–H groups in total. The Morgan fingerprint density at radius 2 is 0.507 bits per heavy atom. The maximum Gasteiger partial charge on any atom is 0.0789 e. The van der Waals surface area contributed by atoms with Crippen LogP contribution in [-0.2, 0) is 0 Å². The van der Waals surface area contributed by atoms with Gasteiger partial charge in [-0.15, -0.1) is 0 Å². The molecule has 0 saturated heterocycles. The van der Waals surface area contributed by atoms with Crippen LogP contribution in [0.15, 0.2) is 72.9 Å². The molecule has 0 aromatic carbocycles. The molecule has 0 rings (SSSR count). The highest BCUT2D eigenvalue weighted by Gasteiger charge is 2.16. The van der Waals surface area contributed by atoms with E-state index in [0.717, 1.165) is 65.1 Å². The van der Waals surface area contributed by atoms with E-state index >= 15 is 0 Å². The zero-order chi connectivity index (χ0) is 51.6. The molecule has 7 nitrogen and oxygen atoms in total. The molecule has 0 fully saturated rings. The van der Waals surface area contributed by atoms with Gasteiger partial charge in [0, 0.05) is 52.4 Å². The van der Waals surface area contributed by atoms with Crippen molar-refractivity contribution in [1.82, 2.24) is 14.7 Å². The Balaban J connectivity index is 5.04. The number of rotatable bonds is 57. The van der Waals surface area contributed by atoms with Crippen molar-refractivity contribution in [2.45, 2.75) is 264 Å².